The third kappa shape index (κ3) is 2.04. The standard InChI is InChI=1S/C4H10N2O3P/c5-10(7,8)4-3-6-1-2-9-4/h4H,1-3H2,(H3,5,7,8). The molecule has 0 spiro atoms. The molecule has 2 unspecified atom stereocenters. The third-order valence-corrected chi connectivity index (χ3v) is 2.40. The minimum atomic E-state index is -3.56. The van der Waals surface area contributed by atoms with E-state index < -0.39 is 13.4 Å². The van der Waals surface area contributed by atoms with Gasteiger partial charge in [-0.15, -0.1) is 0 Å². The van der Waals surface area contributed by atoms with Crippen LogP contribution in [-0.4, -0.2) is 30.4 Å². The van der Waals surface area contributed by atoms with Crippen molar-refractivity contribution in [1.82, 2.24) is 5.32 Å². The fraction of sp³-hybridized carbons (Fsp3) is 1.00. The van der Waals surface area contributed by atoms with Gasteiger partial charge in [0.15, 0.2) is 5.85 Å². The molecule has 5 nitrogen and oxygen atoms in total. The normalized spacial score (nSPS) is 33.2. The van der Waals surface area contributed by atoms with Crippen molar-refractivity contribution in [2.75, 3.05) is 19.7 Å². The van der Waals surface area contributed by atoms with E-state index in [1.54, 1.807) is 0 Å². The smallest absolute Gasteiger partial charge is 0.294 e. The molecule has 3 N–H and O–H groups in total. The minimum Gasteiger partial charge on any atom is -0.364 e. The van der Waals surface area contributed by atoms with E-state index in [-0.39, 0.29) is 6.54 Å². The molecule has 10 heavy (non-hydrogen) atoms. The van der Waals surface area contributed by atoms with Gasteiger partial charge in [-0.1, -0.05) is 0 Å². The molecule has 0 aromatic heterocycles. The van der Waals surface area contributed by atoms with E-state index in [0.717, 1.165) is 0 Å². The van der Waals surface area contributed by atoms with Crippen LogP contribution in [0.2, 0.25) is 0 Å². The molecule has 0 aromatic rings. The lowest BCUT2D eigenvalue weighted by molar-refractivity contribution is 0.0688. The van der Waals surface area contributed by atoms with Gasteiger partial charge in [-0.3, -0.25) is 10.1 Å². The van der Waals surface area contributed by atoms with E-state index in [1.807, 2.05) is 0 Å². The zero-order chi connectivity index (χ0) is 7.61. The maximum atomic E-state index is 10.7. The Morgan fingerprint density at radius 2 is 2.50 bits per heavy atom. The van der Waals surface area contributed by atoms with E-state index in [1.165, 1.54) is 0 Å². The molecule has 0 aromatic carbocycles. The van der Waals surface area contributed by atoms with Gasteiger partial charge in [-0.05, 0) is 0 Å². The van der Waals surface area contributed by atoms with Crippen molar-refractivity contribution >= 4 is 7.52 Å². The summed E-state index contributed by atoms with van der Waals surface area (Å²) in [5.41, 5.74) is 4.94. The van der Waals surface area contributed by atoms with Crippen LogP contribution in [0.4, 0.5) is 0 Å². The van der Waals surface area contributed by atoms with Gasteiger partial charge in [0.05, 0.1) is 13.2 Å². The largest absolute Gasteiger partial charge is 0.364 e. The third-order valence-electron chi connectivity index (χ3n) is 1.26. The Morgan fingerprint density at radius 1 is 1.80 bits per heavy atom. The lowest BCUT2D eigenvalue weighted by Crippen LogP contribution is -2.35. The Morgan fingerprint density at radius 3 is 2.80 bits per heavy atom. The maximum Gasteiger partial charge on any atom is 0.294 e. The lowest BCUT2D eigenvalue weighted by Gasteiger charge is -2.23. The van der Waals surface area contributed by atoms with Crippen molar-refractivity contribution in [1.29, 1.82) is 0 Å². The highest BCUT2D eigenvalue weighted by Crippen LogP contribution is 2.37. The van der Waals surface area contributed by atoms with Crippen molar-refractivity contribution in [2.45, 2.75) is 5.85 Å². The summed E-state index contributed by atoms with van der Waals surface area (Å²) in [6.07, 6.45) is 0. The zero-order valence-electron chi connectivity index (χ0n) is 5.43. The topological polar surface area (TPSA) is 86.7 Å². The summed E-state index contributed by atoms with van der Waals surface area (Å²) in [5, 5.41) is 3.89. The van der Waals surface area contributed by atoms with Gasteiger partial charge in [-0.25, -0.2) is 5.32 Å². The molecule has 0 amide bonds. The van der Waals surface area contributed by atoms with Gasteiger partial charge in [0.2, 0.25) is 0 Å². The lowest BCUT2D eigenvalue weighted by atomic mass is 10.5. The second kappa shape index (κ2) is 2.98. The number of morpholine rings is 1. The number of ether oxygens (including phenoxy) is 1. The van der Waals surface area contributed by atoms with Crippen LogP contribution in [0.5, 0.6) is 0 Å². The van der Waals surface area contributed by atoms with Gasteiger partial charge in [0.1, 0.15) is 0 Å². The predicted octanol–water partition coefficient (Wildman–Crippen LogP) is -0.909. The Bertz CT molecular complexity index is 151. The molecule has 1 rings (SSSR count). The Hall–Kier alpha value is 0.0700. The molecule has 1 heterocycles. The molecule has 59 valence electrons. The average molecular weight is 165 g/mol. The Balaban J connectivity index is 2.47. The average Bonchev–Trinajstić information content (AvgIpc) is 1.88. The van der Waals surface area contributed by atoms with Crippen LogP contribution in [0.1, 0.15) is 0 Å². The first-order valence-electron chi connectivity index (χ1n) is 2.96. The highest BCUT2D eigenvalue weighted by Gasteiger charge is 2.29. The highest BCUT2D eigenvalue weighted by atomic mass is 31.2. The van der Waals surface area contributed by atoms with Crippen molar-refractivity contribution < 1.29 is 14.2 Å². The molecule has 0 saturated carbocycles. The number of hydrogen-bond acceptors (Lipinski definition) is 2. The maximum absolute atomic E-state index is 10.7. The SMILES string of the molecule is NP(=O)(O)C1C[N]CCO1. The van der Waals surface area contributed by atoms with E-state index in [9.17, 15) is 4.57 Å². The molecule has 0 bridgehead atoms. The van der Waals surface area contributed by atoms with Gasteiger partial charge < -0.3 is 9.63 Å². The van der Waals surface area contributed by atoms with Crippen LogP contribution < -0.4 is 10.8 Å². The van der Waals surface area contributed by atoms with Crippen LogP contribution >= 0.6 is 7.52 Å². The predicted molar refractivity (Wildman–Crippen MR) is 35.6 cm³/mol. The molecule has 1 aliphatic rings. The molecule has 1 fully saturated rings. The van der Waals surface area contributed by atoms with Crippen LogP contribution in [0.25, 0.3) is 0 Å². The quantitative estimate of drug-likeness (QED) is 0.492. The van der Waals surface area contributed by atoms with Crippen molar-refractivity contribution in [3.8, 4) is 0 Å². The Labute approximate surface area is 59.1 Å². The molecular formula is C4H10N2O3P. The summed E-state index contributed by atoms with van der Waals surface area (Å²) < 4.78 is 15.6. The minimum absolute atomic E-state index is 0.240. The molecular weight excluding hydrogens is 155 g/mol. The summed E-state index contributed by atoms with van der Waals surface area (Å²) in [6, 6.07) is 0. The first kappa shape index (κ1) is 8.17. The summed E-state index contributed by atoms with van der Waals surface area (Å²) in [6.45, 7) is 1.23. The molecule has 6 heteroatoms. The fourth-order valence-electron chi connectivity index (χ4n) is 0.732. The van der Waals surface area contributed by atoms with Crippen LogP contribution in [-0.2, 0) is 9.30 Å². The second-order valence-corrected chi connectivity index (χ2v) is 4.05. The Kier molecular flexibility index (Phi) is 2.44. The monoisotopic (exact) mass is 165 g/mol. The second-order valence-electron chi connectivity index (χ2n) is 2.13. The number of nitrogens with two attached hydrogens (primary N) is 1. The first-order valence-corrected chi connectivity index (χ1v) is 4.76. The van der Waals surface area contributed by atoms with Crippen molar-refractivity contribution in [2.24, 2.45) is 5.50 Å². The summed E-state index contributed by atoms with van der Waals surface area (Å²) in [4.78, 5) is 8.79. The fourth-order valence-corrected chi connectivity index (χ4v) is 1.40. The zero-order valence-corrected chi connectivity index (χ0v) is 6.33. The van der Waals surface area contributed by atoms with E-state index in [2.05, 4.69) is 5.32 Å². The van der Waals surface area contributed by atoms with E-state index in [4.69, 9.17) is 15.1 Å². The van der Waals surface area contributed by atoms with Gasteiger partial charge >= 0.3 is 0 Å². The molecule has 1 aliphatic heterocycles. The summed E-state index contributed by atoms with van der Waals surface area (Å²) >= 11 is 0. The van der Waals surface area contributed by atoms with Crippen LogP contribution in [0.3, 0.4) is 0 Å². The van der Waals surface area contributed by atoms with E-state index in [0.29, 0.717) is 13.2 Å². The molecule has 2 atom stereocenters. The van der Waals surface area contributed by atoms with Gasteiger partial charge in [0, 0.05) is 6.54 Å². The van der Waals surface area contributed by atoms with Crippen LogP contribution in [0, 0.1) is 0 Å². The molecule has 1 radical (unpaired) electrons. The number of hydrogen-bond donors (Lipinski definition) is 2. The number of nitrogens with zero attached hydrogens (tertiary/aromatic N) is 1. The van der Waals surface area contributed by atoms with Crippen molar-refractivity contribution in [3.63, 3.8) is 0 Å². The molecule has 0 aliphatic carbocycles. The first-order chi connectivity index (χ1) is 4.61. The van der Waals surface area contributed by atoms with Gasteiger partial charge in [-0.2, -0.15) is 0 Å². The van der Waals surface area contributed by atoms with Crippen molar-refractivity contribution in [3.05, 3.63) is 0 Å². The molecule has 1 saturated heterocycles. The highest BCUT2D eigenvalue weighted by molar-refractivity contribution is 7.56. The number of rotatable bonds is 1. The summed E-state index contributed by atoms with van der Waals surface area (Å²) in [5.74, 6) is -0.777. The summed E-state index contributed by atoms with van der Waals surface area (Å²) in [7, 11) is -3.56. The van der Waals surface area contributed by atoms with Gasteiger partial charge in [0.25, 0.3) is 7.52 Å². The van der Waals surface area contributed by atoms with E-state index >= 15 is 0 Å². The van der Waals surface area contributed by atoms with Crippen LogP contribution in [0.15, 0.2) is 0 Å².